The van der Waals surface area contributed by atoms with Crippen molar-refractivity contribution in [3.8, 4) is 0 Å². The summed E-state index contributed by atoms with van der Waals surface area (Å²) in [5, 5.41) is 1.97. The third-order valence-electron chi connectivity index (χ3n) is 3.69. The number of benzene rings is 2. The lowest BCUT2D eigenvalue weighted by atomic mass is 10.0. The largest absolute Gasteiger partial charge is 0.269 e. The van der Waals surface area contributed by atoms with Gasteiger partial charge < -0.3 is 0 Å². The minimum Gasteiger partial charge on any atom is -0.269 e. The van der Waals surface area contributed by atoms with Gasteiger partial charge in [-0.3, -0.25) is 9.59 Å². The zero-order valence-electron chi connectivity index (χ0n) is 11.5. The highest BCUT2D eigenvalue weighted by atomic mass is 16.2. The highest BCUT2D eigenvalue weighted by Gasteiger charge is 2.32. The zero-order chi connectivity index (χ0) is 14.3. The van der Waals surface area contributed by atoms with E-state index in [-0.39, 0.29) is 11.8 Å². The first-order valence-electron chi connectivity index (χ1n) is 6.71. The van der Waals surface area contributed by atoms with E-state index in [2.05, 4.69) is 0 Å². The van der Waals surface area contributed by atoms with E-state index in [0.29, 0.717) is 5.57 Å². The molecule has 0 aliphatic carbocycles. The van der Waals surface area contributed by atoms with E-state index in [0.717, 1.165) is 28.4 Å². The molecule has 2 amide bonds. The van der Waals surface area contributed by atoms with Crippen LogP contribution in [0.2, 0.25) is 0 Å². The number of nitrogens with zero attached hydrogens (tertiary/aromatic N) is 1. The highest BCUT2D eigenvalue weighted by Crippen LogP contribution is 2.34. The van der Waals surface area contributed by atoms with E-state index in [1.165, 1.54) is 11.0 Å². The van der Waals surface area contributed by atoms with Gasteiger partial charge in [-0.1, -0.05) is 43.3 Å². The molecule has 3 heteroatoms. The second-order valence-corrected chi connectivity index (χ2v) is 4.95. The van der Waals surface area contributed by atoms with Crippen LogP contribution in [0, 0.1) is 0 Å². The van der Waals surface area contributed by atoms with Gasteiger partial charge in [0, 0.05) is 17.0 Å². The minimum absolute atomic E-state index is 0.221. The van der Waals surface area contributed by atoms with Gasteiger partial charge in [-0.25, -0.2) is 4.90 Å². The lowest BCUT2D eigenvalue weighted by Gasteiger charge is -2.20. The van der Waals surface area contributed by atoms with Crippen molar-refractivity contribution in [3.63, 3.8) is 0 Å². The van der Waals surface area contributed by atoms with Gasteiger partial charge in [-0.2, -0.15) is 0 Å². The molecule has 2 aromatic carbocycles. The predicted octanol–water partition coefficient (Wildman–Crippen LogP) is 3.22. The summed E-state index contributed by atoms with van der Waals surface area (Å²) in [6.07, 6.45) is 2.18. The number of rotatable bonds is 2. The summed E-state index contributed by atoms with van der Waals surface area (Å²) in [5.74, 6) is -0.473. The number of fused-ring (bicyclic) bond motifs is 1. The summed E-state index contributed by atoms with van der Waals surface area (Å²) in [6, 6.07) is 11.8. The van der Waals surface area contributed by atoms with Crippen LogP contribution in [0.4, 0.5) is 5.69 Å². The molecule has 100 valence electrons. The van der Waals surface area contributed by atoms with Crippen LogP contribution in [0.25, 0.3) is 10.8 Å². The number of anilines is 1. The molecular weight excluding hydrogens is 250 g/mol. The van der Waals surface area contributed by atoms with Crippen LogP contribution in [-0.2, 0) is 16.0 Å². The summed E-state index contributed by atoms with van der Waals surface area (Å²) in [6.45, 7) is 3.70. The fourth-order valence-corrected chi connectivity index (χ4v) is 2.65. The molecule has 3 rings (SSSR count). The third-order valence-corrected chi connectivity index (χ3v) is 3.69. The first-order valence-corrected chi connectivity index (χ1v) is 6.71. The molecule has 0 aromatic heterocycles. The van der Waals surface area contributed by atoms with E-state index in [1.54, 1.807) is 6.92 Å². The Morgan fingerprint density at radius 2 is 1.80 bits per heavy atom. The van der Waals surface area contributed by atoms with Crippen LogP contribution >= 0.6 is 0 Å². The van der Waals surface area contributed by atoms with E-state index < -0.39 is 0 Å². The number of amides is 2. The van der Waals surface area contributed by atoms with Crippen LogP contribution in [0.15, 0.2) is 48.0 Å². The van der Waals surface area contributed by atoms with E-state index in [9.17, 15) is 9.59 Å². The SMILES string of the molecule is CCc1ccc2ccccc2c1N1C(=O)C=C(C)C1=O. The molecule has 0 atom stereocenters. The molecule has 0 radical (unpaired) electrons. The Bertz CT molecular complexity index is 759. The van der Waals surface area contributed by atoms with Crippen molar-refractivity contribution in [1.29, 1.82) is 0 Å². The topological polar surface area (TPSA) is 37.4 Å². The van der Waals surface area contributed by atoms with Gasteiger partial charge in [0.15, 0.2) is 0 Å². The number of imide groups is 1. The van der Waals surface area contributed by atoms with Gasteiger partial charge in [0.05, 0.1) is 5.69 Å². The Morgan fingerprint density at radius 1 is 1.05 bits per heavy atom. The number of hydrogen-bond acceptors (Lipinski definition) is 2. The highest BCUT2D eigenvalue weighted by molar-refractivity contribution is 6.32. The summed E-state index contributed by atoms with van der Waals surface area (Å²) in [4.78, 5) is 25.7. The molecule has 0 fully saturated rings. The first kappa shape index (κ1) is 12.6. The molecule has 0 saturated carbocycles. The van der Waals surface area contributed by atoms with Crippen LogP contribution < -0.4 is 4.90 Å². The maximum Gasteiger partial charge on any atom is 0.261 e. The second-order valence-electron chi connectivity index (χ2n) is 4.95. The maximum atomic E-state index is 12.3. The summed E-state index contributed by atoms with van der Waals surface area (Å²) < 4.78 is 0. The van der Waals surface area contributed by atoms with Gasteiger partial charge in [0.25, 0.3) is 11.8 Å². The number of hydrogen-bond donors (Lipinski definition) is 0. The lowest BCUT2D eigenvalue weighted by molar-refractivity contribution is -0.120. The summed E-state index contributed by atoms with van der Waals surface area (Å²) in [7, 11) is 0. The van der Waals surface area contributed by atoms with Crippen molar-refractivity contribution in [2.24, 2.45) is 0 Å². The Morgan fingerprint density at radius 3 is 2.45 bits per heavy atom. The lowest BCUT2D eigenvalue weighted by Crippen LogP contribution is -2.31. The maximum absolute atomic E-state index is 12.3. The van der Waals surface area contributed by atoms with Gasteiger partial charge >= 0.3 is 0 Å². The second kappa shape index (κ2) is 4.60. The van der Waals surface area contributed by atoms with Gasteiger partial charge in [0.1, 0.15) is 0 Å². The average molecular weight is 265 g/mol. The molecule has 0 spiro atoms. The van der Waals surface area contributed by atoms with Crippen molar-refractivity contribution in [1.82, 2.24) is 0 Å². The molecule has 0 saturated heterocycles. The monoisotopic (exact) mass is 265 g/mol. The Balaban J connectivity index is 2.30. The molecule has 0 N–H and O–H groups in total. The fraction of sp³-hybridized carbons (Fsp3) is 0.176. The van der Waals surface area contributed by atoms with Crippen molar-refractivity contribution in [2.75, 3.05) is 4.90 Å². The minimum atomic E-state index is -0.251. The van der Waals surface area contributed by atoms with Crippen molar-refractivity contribution < 1.29 is 9.59 Å². The van der Waals surface area contributed by atoms with E-state index in [4.69, 9.17) is 0 Å². The molecule has 0 unspecified atom stereocenters. The van der Waals surface area contributed by atoms with Crippen LogP contribution in [-0.4, -0.2) is 11.8 Å². The predicted molar refractivity (Wildman–Crippen MR) is 79.6 cm³/mol. The smallest absolute Gasteiger partial charge is 0.261 e. The fourth-order valence-electron chi connectivity index (χ4n) is 2.65. The quantitative estimate of drug-likeness (QED) is 0.782. The Labute approximate surface area is 117 Å². The third kappa shape index (κ3) is 1.74. The number of carbonyl (C=O) groups excluding carboxylic acids is 2. The molecule has 3 nitrogen and oxygen atoms in total. The molecule has 1 aliphatic heterocycles. The van der Waals surface area contributed by atoms with Crippen molar-refractivity contribution in [3.05, 3.63) is 53.6 Å². The van der Waals surface area contributed by atoms with E-state index in [1.807, 2.05) is 43.3 Å². The zero-order valence-corrected chi connectivity index (χ0v) is 11.5. The number of carbonyl (C=O) groups is 2. The van der Waals surface area contributed by atoms with Crippen LogP contribution in [0.5, 0.6) is 0 Å². The van der Waals surface area contributed by atoms with Crippen LogP contribution in [0.1, 0.15) is 19.4 Å². The van der Waals surface area contributed by atoms with E-state index >= 15 is 0 Å². The normalized spacial score (nSPS) is 15.1. The van der Waals surface area contributed by atoms with Crippen molar-refractivity contribution in [2.45, 2.75) is 20.3 Å². The molecule has 0 bridgehead atoms. The standard InChI is InChI=1S/C17H15NO2/c1-3-12-8-9-13-6-4-5-7-14(13)16(12)18-15(19)10-11(2)17(18)20/h4-10H,3H2,1-2H3. The summed E-state index contributed by atoms with van der Waals surface area (Å²) >= 11 is 0. The summed E-state index contributed by atoms with van der Waals surface area (Å²) in [5.41, 5.74) is 2.23. The molecule has 2 aromatic rings. The first-order chi connectivity index (χ1) is 9.63. The molecule has 1 heterocycles. The Hall–Kier alpha value is -2.42. The van der Waals surface area contributed by atoms with Gasteiger partial charge in [0.2, 0.25) is 0 Å². The average Bonchev–Trinajstić information content (AvgIpc) is 2.71. The molecule has 20 heavy (non-hydrogen) atoms. The van der Waals surface area contributed by atoms with Crippen LogP contribution in [0.3, 0.4) is 0 Å². The molecular formula is C17H15NO2. The van der Waals surface area contributed by atoms with Gasteiger partial charge in [-0.05, 0) is 24.3 Å². The van der Waals surface area contributed by atoms with Crippen molar-refractivity contribution >= 4 is 28.3 Å². The van der Waals surface area contributed by atoms with Gasteiger partial charge in [-0.15, -0.1) is 0 Å². The molecule has 1 aliphatic rings. The Kier molecular flexibility index (Phi) is 2.90. The number of aryl methyl sites for hydroxylation is 1.